The van der Waals surface area contributed by atoms with Crippen LogP contribution < -0.4 is 4.90 Å². The van der Waals surface area contributed by atoms with Gasteiger partial charge in [-0.15, -0.1) is 0 Å². The number of rotatable bonds is 5. The van der Waals surface area contributed by atoms with E-state index in [1.165, 1.54) is 16.4 Å². The van der Waals surface area contributed by atoms with Crippen LogP contribution in [0.1, 0.15) is 13.3 Å². The monoisotopic (exact) mass is 313 g/mol. The molecule has 1 aliphatic heterocycles. The Morgan fingerprint density at radius 3 is 2.48 bits per heavy atom. The van der Waals surface area contributed by atoms with Crippen molar-refractivity contribution in [3.8, 4) is 0 Å². The van der Waals surface area contributed by atoms with Crippen molar-refractivity contribution in [2.75, 3.05) is 36.8 Å². The fourth-order valence-electron chi connectivity index (χ4n) is 2.41. The largest absolute Gasteiger partial charge is 0.369 e. The molecule has 21 heavy (non-hydrogen) atoms. The minimum absolute atomic E-state index is 0.0496. The number of piperazine rings is 1. The Morgan fingerprint density at radius 1 is 1.24 bits per heavy atom. The molecule has 1 aliphatic rings. The van der Waals surface area contributed by atoms with Crippen molar-refractivity contribution in [2.45, 2.75) is 13.3 Å². The predicted molar refractivity (Wildman–Crippen MR) is 81.0 cm³/mol. The molecule has 2 rings (SSSR count). The Labute approximate surface area is 124 Å². The third-order valence-corrected chi connectivity index (χ3v) is 5.58. The second-order valence-corrected chi connectivity index (χ2v) is 7.07. The number of nitrogens with zero attached hydrogens (tertiary/aromatic N) is 3. The van der Waals surface area contributed by atoms with Crippen LogP contribution in [0.4, 0.5) is 11.4 Å². The molecule has 0 bridgehead atoms. The molecule has 0 radical (unpaired) electrons. The lowest BCUT2D eigenvalue weighted by molar-refractivity contribution is -0.384. The van der Waals surface area contributed by atoms with Crippen LogP contribution in [-0.2, 0) is 10.0 Å². The van der Waals surface area contributed by atoms with E-state index in [0.717, 1.165) is 5.69 Å². The van der Waals surface area contributed by atoms with Gasteiger partial charge in [0.25, 0.3) is 5.69 Å². The maximum absolute atomic E-state index is 12.0. The Balaban J connectivity index is 2.04. The predicted octanol–water partition coefficient (Wildman–Crippen LogP) is 1.46. The SMILES string of the molecule is CCCS(=O)(=O)N1CCN(c2cccc([N+](=O)[O-])c2)CC1. The van der Waals surface area contributed by atoms with E-state index in [0.29, 0.717) is 32.6 Å². The molecule has 116 valence electrons. The van der Waals surface area contributed by atoms with Gasteiger partial charge in [0.1, 0.15) is 0 Å². The van der Waals surface area contributed by atoms with Gasteiger partial charge in [0.15, 0.2) is 0 Å². The van der Waals surface area contributed by atoms with Gasteiger partial charge in [0.05, 0.1) is 10.7 Å². The lowest BCUT2D eigenvalue weighted by atomic mass is 10.2. The minimum Gasteiger partial charge on any atom is -0.369 e. The van der Waals surface area contributed by atoms with Crippen LogP contribution in [0.5, 0.6) is 0 Å². The summed E-state index contributed by atoms with van der Waals surface area (Å²) in [5, 5.41) is 10.8. The van der Waals surface area contributed by atoms with E-state index in [1.807, 2.05) is 17.9 Å². The molecule has 7 nitrogen and oxygen atoms in total. The van der Waals surface area contributed by atoms with Gasteiger partial charge >= 0.3 is 0 Å². The first kappa shape index (κ1) is 15.7. The second-order valence-electron chi connectivity index (χ2n) is 4.98. The van der Waals surface area contributed by atoms with E-state index in [4.69, 9.17) is 0 Å². The van der Waals surface area contributed by atoms with E-state index in [1.54, 1.807) is 6.07 Å². The van der Waals surface area contributed by atoms with Crippen LogP contribution in [-0.4, -0.2) is 49.6 Å². The Hall–Kier alpha value is -1.67. The summed E-state index contributed by atoms with van der Waals surface area (Å²) >= 11 is 0. The van der Waals surface area contributed by atoms with Crippen molar-refractivity contribution in [2.24, 2.45) is 0 Å². The molecule has 1 aromatic carbocycles. The summed E-state index contributed by atoms with van der Waals surface area (Å²) in [5.74, 6) is 0.170. The zero-order valence-corrected chi connectivity index (χ0v) is 12.8. The van der Waals surface area contributed by atoms with Gasteiger partial charge in [-0.2, -0.15) is 4.31 Å². The molecule has 0 N–H and O–H groups in total. The van der Waals surface area contributed by atoms with Gasteiger partial charge in [-0.1, -0.05) is 13.0 Å². The highest BCUT2D eigenvalue weighted by Crippen LogP contribution is 2.22. The number of benzene rings is 1. The molecular formula is C13H19N3O4S. The summed E-state index contributed by atoms with van der Waals surface area (Å²) in [4.78, 5) is 12.3. The maximum Gasteiger partial charge on any atom is 0.271 e. The second kappa shape index (κ2) is 6.40. The van der Waals surface area contributed by atoms with Crippen LogP contribution in [0.15, 0.2) is 24.3 Å². The molecule has 1 fully saturated rings. The van der Waals surface area contributed by atoms with Crippen LogP contribution in [0.2, 0.25) is 0 Å². The molecule has 0 aliphatic carbocycles. The van der Waals surface area contributed by atoms with Crippen molar-refractivity contribution in [1.29, 1.82) is 0 Å². The van der Waals surface area contributed by atoms with Crippen molar-refractivity contribution >= 4 is 21.4 Å². The smallest absolute Gasteiger partial charge is 0.271 e. The van der Waals surface area contributed by atoms with E-state index < -0.39 is 14.9 Å². The summed E-state index contributed by atoms with van der Waals surface area (Å²) in [6.07, 6.45) is 0.605. The van der Waals surface area contributed by atoms with Crippen LogP contribution in [0.3, 0.4) is 0 Å². The highest BCUT2D eigenvalue weighted by atomic mass is 32.2. The first-order valence-corrected chi connectivity index (χ1v) is 8.52. The standard InChI is InChI=1S/C13H19N3O4S/c1-2-10-21(19,20)15-8-6-14(7-9-15)12-4-3-5-13(11-12)16(17)18/h3-5,11H,2,6-10H2,1H3. The normalized spacial score (nSPS) is 16.9. The van der Waals surface area contributed by atoms with Crippen LogP contribution in [0, 0.1) is 10.1 Å². The van der Waals surface area contributed by atoms with Crippen molar-refractivity contribution < 1.29 is 13.3 Å². The first-order chi connectivity index (χ1) is 9.94. The summed E-state index contributed by atoms with van der Waals surface area (Å²) in [6, 6.07) is 6.43. The number of nitro groups is 1. The van der Waals surface area contributed by atoms with Crippen molar-refractivity contribution in [3.63, 3.8) is 0 Å². The van der Waals surface area contributed by atoms with Crippen molar-refractivity contribution in [3.05, 3.63) is 34.4 Å². The lowest BCUT2D eigenvalue weighted by Gasteiger charge is -2.35. The fraction of sp³-hybridized carbons (Fsp3) is 0.538. The zero-order chi connectivity index (χ0) is 15.5. The average Bonchev–Trinajstić information content (AvgIpc) is 2.47. The molecule has 0 saturated carbocycles. The summed E-state index contributed by atoms with van der Waals surface area (Å²) < 4.78 is 25.5. The molecular weight excluding hydrogens is 294 g/mol. The number of sulfonamides is 1. The van der Waals surface area contributed by atoms with E-state index >= 15 is 0 Å². The Kier molecular flexibility index (Phi) is 4.79. The molecule has 8 heteroatoms. The number of hydrogen-bond acceptors (Lipinski definition) is 5. The maximum atomic E-state index is 12.0. The highest BCUT2D eigenvalue weighted by molar-refractivity contribution is 7.89. The van der Waals surface area contributed by atoms with Gasteiger partial charge in [0, 0.05) is 44.0 Å². The van der Waals surface area contributed by atoms with E-state index in [-0.39, 0.29) is 11.4 Å². The van der Waals surface area contributed by atoms with E-state index in [2.05, 4.69) is 0 Å². The third kappa shape index (κ3) is 3.70. The van der Waals surface area contributed by atoms with Gasteiger partial charge in [-0.3, -0.25) is 10.1 Å². The molecule has 0 amide bonds. The molecule has 0 spiro atoms. The van der Waals surface area contributed by atoms with E-state index in [9.17, 15) is 18.5 Å². The topological polar surface area (TPSA) is 83.8 Å². The van der Waals surface area contributed by atoms with Gasteiger partial charge in [-0.25, -0.2) is 8.42 Å². The van der Waals surface area contributed by atoms with Crippen molar-refractivity contribution in [1.82, 2.24) is 4.31 Å². The summed E-state index contributed by atoms with van der Waals surface area (Å²) in [5.41, 5.74) is 0.810. The Bertz CT molecular complexity index is 610. The number of hydrogen-bond donors (Lipinski definition) is 0. The lowest BCUT2D eigenvalue weighted by Crippen LogP contribution is -2.49. The molecule has 1 aromatic rings. The highest BCUT2D eigenvalue weighted by Gasteiger charge is 2.26. The molecule has 0 unspecified atom stereocenters. The molecule has 1 heterocycles. The first-order valence-electron chi connectivity index (χ1n) is 6.91. The van der Waals surface area contributed by atoms with Crippen LogP contribution in [0.25, 0.3) is 0 Å². The average molecular weight is 313 g/mol. The van der Waals surface area contributed by atoms with Crippen LogP contribution >= 0.6 is 0 Å². The molecule has 0 aromatic heterocycles. The minimum atomic E-state index is -3.16. The molecule has 0 atom stereocenters. The number of nitro benzene ring substituents is 1. The van der Waals surface area contributed by atoms with Gasteiger partial charge in [0.2, 0.25) is 10.0 Å². The zero-order valence-electron chi connectivity index (χ0n) is 11.9. The molecule has 1 saturated heterocycles. The fourth-order valence-corrected chi connectivity index (χ4v) is 3.91. The van der Waals surface area contributed by atoms with Gasteiger partial charge < -0.3 is 4.90 Å². The number of anilines is 1. The van der Waals surface area contributed by atoms with Gasteiger partial charge in [-0.05, 0) is 12.5 Å². The summed E-state index contributed by atoms with van der Waals surface area (Å²) in [7, 11) is -3.16. The third-order valence-electron chi connectivity index (χ3n) is 3.50. The summed E-state index contributed by atoms with van der Waals surface area (Å²) in [6.45, 7) is 3.78. The Morgan fingerprint density at radius 2 is 1.90 bits per heavy atom. The quantitative estimate of drug-likeness (QED) is 0.607. The number of non-ortho nitro benzene ring substituents is 1.